The number of terminal acetylenes is 1. The fraction of sp³-hybridized carbons (Fsp3) is 0.222. The summed E-state index contributed by atoms with van der Waals surface area (Å²) in [6.45, 7) is 0. The van der Waals surface area contributed by atoms with Gasteiger partial charge in [-0.1, -0.05) is 24.1 Å². The highest BCUT2D eigenvalue weighted by Crippen LogP contribution is 2.53. The van der Waals surface area contributed by atoms with Gasteiger partial charge in [-0.05, 0) is 53.6 Å². The van der Waals surface area contributed by atoms with E-state index in [2.05, 4.69) is 5.92 Å². The molecule has 0 heterocycles. The van der Waals surface area contributed by atoms with Crippen LogP contribution < -0.4 is 5.73 Å². The number of phenolic OH excluding ortho intramolecular Hbond substituents is 1. The molecule has 1 amide bonds. The monoisotopic (exact) mass is 471 g/mol. The zero-order valence-corrected chi connectivity index (χ0v) is 18.4. The standard InChI is InChI=1S/C27H21NO7/c1-2-12-3-5-13(6-4-12)16-7-8-18(29)21-17(16)10-14-9-15-11-19(30)22(26(28)34)25(33)27(15,35)24(32)20(14)23(21)31/h1,3-8,14-15,29,31,33,35H,9-11H2,(H2,28,34)/t14-,15+,27+/m1/s1. The summed E-state index contributed by atoms with van der Waals surface area (Å²) in [5.41, 5.74) is 4.49. The molecule has 35 heavy (non-hydrogen) atoms. The molecule has 8 nitrogen and oxygen atoms in total. The van der Waals surface area contributed by atoms with Crippen LogP contribution >= 0.6 is 0 Å². The van der Waals surface area contributed by atoms with Crippen LogP contribution in [0.15, 0.2) is 53.3 Å². The van der Waals surface area contributed by atoms with Crippen LogP contribution in [0.3, 0.4) is 0 Å². The minimum Gasteiger partial charge on any atom is -0.508 e. The van der Waals surface area contributed by atoms with Crippen molar-refractivity contribution in [2.45, 2.75) is 24.9 Å². The van der Waals surface area contributed by atoms with E-state index in [-0.39, 0.29) is 36.1 Å². The summed E-state index contributed by atoms with van der Waals surface area (Å²) >= 11 is 0. The summed E-state index contributed by atoms with van der Waals surface area (Å²) in [6, 6.07) is 10.3. The molecule has 1 fully saturated rings. The number of carbonyl (C=O) groups is 3. The van der Waals surface area contributed by atoms with Crippen molar-refractivity contribution in [2.24, 2.45) is 17.6 Å². The van der Waals surface area contributed by atoms with Gasteiger partial charge in [0.2, 0.25) is 5.78 Å². The molecule has 3 atom stereocenters. The van der Waals surface area contributed by atoms with Crippen LogP contribution in [0, 0.1) is 24.2 Å². The molecule has 3 aliphatic carbocycles. The Bertz CT molecular complexity index is 1440. The zero-order valence-electron chi connectivity index (χ0n) is 18.4. The molecule has 0 radical (unpaired) electrons. The molecule has 3 aliphatic rings. The van der Waals surface area contributed by atoms with Gasteiger partial charge in [-0.2, -0.15) is 0 Å². The summed E-state index contributed by atoms with van der Waals surface area (Å²) in [5, 5.41) is 43.7. The molecule has 0 saturated heterocycles. The Hall–Kier alpha value is -4.35. The molecule has 5 rings (SSSR count). The number of fused-ring (bicyclic) bond motifs is 3. The molecular weight excluding hydrogens is 450 g/mol. The number of phenols is 1. The van der Waals surface area contributed by atoms with E-state index in [1.807, 2.05) is 12.1 Å². The maximum Gasteiger partial charge on any atom is 0.255 e. The number of aliphatic hydroxyl groups is 3. The van der Waals surface area contributed by atoms with E-state index in [1.165, 1.54) is 6.07 Å². The maximum absolute atomic E-state index is 13.5. The topological polar surface area (TPSA) is 158 Å². The second kappa shape index (κ2) is 7.58. The van der Waals surface area contributed by atoms with E-state index in [9.17, 15) is 34.8 Å². The van der Waals surface area contributed by atoms with Crippen LogP contribution in [0.4, 0.5) is 0 Å². The van der Waals surface area contributed by atoms with Crippen molar-refractivity contribution in [3.05, 3.63) is 70.0 Å². The van der Waals surface area contributed by atoms with Gasteiger partial charge in [0.1, 0.15) is 22.8 Å². The van der Waals surface area contributed by atoms with Gasteiger partial charge in [-0.15, -0.1) is 6.42 Å². The normalized spacial score (nSPS) is 25.5. The Morgan fingerprint density at radius 1 is 1.06 bits per heavy atom. The summed E-state index contributed by atoms with van der Waals surface area (Å²) in [6.07, 6.45) is 5.39. The number of ketones is 2. The lowest BCUT2D eigenvalue weighted by atomic mass is 9.59. The zero-order chi connectivity index (χ0) is 25.2. The Kier molecular flexibility index (Phi) is 4.86. The highest BCUT2D eigenvalue weighted by atomic mass is 16.3. The van der Waals surface area contributed by atoms with Gasteiger partial charge in [0.05, 0.1) is 5.56 Å². The molecule has 2 aromatic carbocycles. The van der Waals surface area contributed by atoms with E-state index >= 15 is 0 Å². The smallest absolute Gasteiger partial charge is 0.255 e. The fourth-order valence-electron chi connectivity index (χ4n) is 5.64. The van der Waals surface area contributed by atoms with Crippen molar-refractivity contribution in [3.8, 4) is 29.2 Å². The first-order valence-corrected chi connectivity index (χ1v) is 11.0. The lowest BCUT2D eigenvalue weighted by molar-refractivity contribution is -0.147. The molecular formula is C27H21NO7. The molecule has 0 aromatic heterocycles. The van der Waals surface area contributed by atoms with Crippen molar-refractivity contribution >= 4 is 23.2 Å². The second-order valence-electron chi connectivity index (χ2n) is 9.11. The molecule has 0 bridgehead atoms. The number of hydrogen-bond acceptors (Lipinski definition) is 7. The van der Waals surface area contributed by atoms with Crippen LogP contribution in [-0.4, -0.2) is 43.5 Å². The number of amides is 1. The van der Waals surface area contributed by atoms with Gasteiger partial charge in [0.25, 0.3) is 5.91 Å². The number of primary amides is 1. The van der Waals surface area contributed by atoms with E-state index in [4.69, 9.17) is 12.2 Å². The molecule has 0 unspecified atom stereocenters. The lowest BCUT2D eigenvalue weighted by Crippen LogP contribution is -2.58. The van der Waals surface area contributed by atoms with E-state index in [0.29, 0.717) is 11.1 Å². The number of nitrogens with two attached hydrogens (primary N) is 1. The second-order valence-corrected chi connectivity index (χ2v) is 9.11. The SMILES string of the molecule is C#Cc1ccc(-c2ccc(O)c3c2C[C@H]2C[C@H]4CC(=O)C(C(N)=O)=C(O)[C@@]4(O)C(=O)C2=C3O)cc1. The molecule has 1 saturated carbocycles. The van der Waals surface area contributed by atoms with Gasteiger partial charge in [-0.25, -0.2) is 0 Å². The first kappa shape index (κ1) is 22.4. The van der Waals surface area contributed by atoms with Crippen molar-refractivity contribution < 1.29 is 34.8 Å². The van der Waals surface area contributed by atoms with E-state index < -0.39 is 52.0 Å². The first-order valence-electron chi connectivity index (χ1n) is 11.0. The van der Waals surface area contributed by atoms with Crippen LogP contribution in [0.1, 0.15) is 29.5 Å². The van der Waals surface area contributed by atoms with Gasteiger partial charge in [0, 0.05) is 23.5 Å². The number of carbonyl (C=O) groups excluding carboxylic acids is 3. The van der Waals surface area contributed by atoms with Gasteiger partial charge in [-0.3, -0.25) is 14.4 Å². The van der Waals surface area contributed by atoms with Crippen LogP contribution in [0.2, 0.25) is 0 Å². The Labute approximate surface area is 200 Å². The Morgan fingerprint density at radius 2 is 1.74 bits per heavy atom. The molecule has 0 spiro atoms. The Balaban J connectivity index is 1.69. The number of aliphatic hydroxyl groups excluding tert-OH is 2. The van der Waals surface area contributed by atoms with E-state index in [1.54, 1.807) is 18.2 Å². The van der Waals surface area contributed by atoms with Gasteiger partial charge < -0.3 is 26.2 Å². The minimum absolute atomic E-state index is 0.0515. The number of rotatable bonds is 2. The lowest BCUT2D eigenvalue weighted by Gasteiger charge is -2.46. The van der Waals surface area contributed by atoms with Gasteiger partial charge >= 0.3 is 0 Å². The van der Waals surface area contributed by atoms with E-state index in [0.717, 1.165) is 11.1 Å². The predicted molar refractivity (Wildman–Crippen MR) is 125 cm³/mol. The average Bonchev–Trinajstić information content (AvgIpc) is 2.81. The highest BCUT2D eigenvalue weighted by Gasteiger charge is 2.60. The average molecular weight is 471 g/mol. The highest BCUT2D eigenvalue weighted by molar-refractivity contribution is 6.22. The van der Waals surface area contributed by atoms with Crippen molar-refractivity contribution in [1.82, 2.24) is 0 Å². The van der Waals surface area contributed by atoms with Crippen molar-refractivity contribution in [3.63, 3.8) is 0 Å². The summed E-state index contributed by atoms with van der Waals surface area (Å²) in [7, 11) is 0. The van der Waals surface area contributed by atoms with Crippen molar-refractivity contribution in [2.75, 3.05) is 0 Å². The first-order chi connectivity index (χ1) is 16.6. The summed E-state index contributed by atoms with van der Waals surface area (Å²) in [4.78, 5) is 37.7. The summed E-state index contributed by atoms with van der Waals surface area (Å²) < 4.78 is 0. The van der Waals surface area contributed by atoms with Crippen LogP contribution in [0.25, 0.3) is 16.9 Å². The van der Waals surface area contributed by atoms with Gasteiger partial charge in [0.15, 0.2) is 11.4 Å². The molecule has 2 aromatic rings. The summed E-state index contributed by atoms with van der Waals surface area (Å²) in [5.74, 6) is -3.95. The number of benzene rings is 2. The van der Waals surface area contributed by atoms with Crippen LogP contribution in [-0.2, 0) is 20.8 Å². The largest absolute Gasteiger partial charge is 0.508 e. The van der Waals surface area contributed by atoms with Crippen LogP contribution in [0.5, 0.6) is 5.75 Å². The molecule has 8 heteroatoms. The number of Topliss-reactive ketones (excluding diaryl/α,β-unsaturated/α-hetero) is 2. The third-order valence-electron chi connectivity index (χ3n) is 7.31. The maximum atomic E-state index is 13.5. The third kappa shape index (κ3) is 3.02. The minimum atomic E-state index is -2.58. The quantitative estimate of drug-likeness (QED) is 0.331. The molecule has 176 valence electrons. The fourth-order valence-corrected chi connectivity index (χ4v) is 5.64. The number of hydrogen-bond donors (Lipinski definition) is 5. The molecule has 0 aliphatic heterocycles. The predicted octanol–water partition coefficient (Wildman–Crippen LogP) is 2.07. The van der Waals surface area contributed by atoms with Crippen molar-refractivity contribution in [1.29, 1.82) is 0 Å². The Morgan fingerprint density at radius 3 is 2.37 bits per heavy atom. The molecule has 6 N–H and O–H groups in total. The number of aromatic hydroxyl groups is 1. The third-order valence-corrected chi connectivity index (χ3v) is 7.31.